The van der Waals surface area contributed by atoms with E-state index in [4.69, 9.17) is 0 Å². The highest BCUT2D eigenvalue weighted by molar-refractivity contribution is 6.81. The molecule has 0 aliphatic carbocycles. The Kier molecular flexibility index (Phi) is 3.45. The normalized spacial score (nSPS) is 13.1. The highest BCUT2D eigenvalue weighted by atomic mass is 28.3. The van der Waals surface area contributed by atoms with Gasteiger partial charge in [0, 0.05) is 6.20 Å². The molecule has 0 unspecified atom stereocenters. The standard InChI is InChI=1S/C12H20N2Si/c1-9(8-15(4,5)6)12-11(3)13-7-10(2)14-12/h7-8H,1-6H3/b9-8+. The second-order valence-electron chi connectivity index (χ2n) is 5.14. The largest absolute Gasteiger partial charge is 0.257 e. The summed E-state index contributed by atoms with van der Waals surface area (Å²) in [5.74, 6) is 0. The fourth-order valence-corrected chi connectivity index (χ4v) is 3.06. The third-order valence-electron chi connectivity index (χ3n) is 2.10. The summed E-state index contributed by atoms with van der Waals surface area (Å²) < 4.78 is 0. The Morgan fingerprint density at radius 1 is 1.27 bits per heavy atom. The quantitative estimate of drug-likeness (QED) is 0.714. The van der Waals surface area contributed by atoms with Crippen molar-refractivity contribution in [2.24, 2.45) is 0 Å². The average Bonchev–Trinajstić information content (AvgIpc) is 2.06. The molecule has 0 spiro atoms. The van der Waals surface area contributed by atoms with Gasteiger partial charge >= 0.3 is 0 Å². The van der Waals surface area contributed by atoms with E-state index < -0.39 is 8.07 Å². The Balaban J connectivity index is 3.16. The third kappa shape index (κ3) is 3.59. The molecule has 0 aliphatic rings. The van der Waals surface area contributed by atoms with Gasteiger partial charge in [0.2, 0.25) is 0 Å². The van der Waals surface area contributed by atoms with Gasteiger partial charge in [-0.05, 0) is 26.3 Å². The zero-order valence-electron chi connectivity index (χ0n) is 10.5. The Bertz CT molecular complexity index is 389. The van der Waals surface area contributed by atoms with Crippen LogP contribution in [-0.2, 0) is 0 Å². The number of rotatable bonds is 2. The maximum Gasteiger partial charge on any atom is 0.0867 e. The Labute approximate surface area is 93.5 Å². The van der Waals surface area contributed by atoms with Crippen molar-refractivity contribution in [1.82, 2.24) is 9.97 Å². The van der Waals surface area contributed by atoms with E-state index >= 15 is 0 Å². The van der Waals surface area contributed by atoms with E-state index in [9.17, 15) is 0 Å². The van der Waals surface area contributed by atoms with Gasteiger partial charge in [-0.3, -0.25) is 4.98 Å². The predicted molar refractivity (Wildman–Crippen MR) is 68.5 cm³/mol. The zero-order chi connectivity index (χ0) is 11.6. The van der Waals surface area contributed by atoms with Gasteiger partial charge < -0.3 is 0 Å². The number of nitrogens with zero attached hydrogens (tertiary/aromatic N) is 2. The van der Waals surface area contributed by atoms with Crippen LogP contribution in [0.4, 0.5) is 0 Å². The molecule has 0 radical (unpaired) electrons. The molecule has 1 heterocycles. The molecule has 0 N–H and O–H groups in total. The van der Waals surface area contributed by atoms with Crippen LogP contribution in [0.5, 0.6) is 0 Å². The fourth-order valence-electron chi connectivity index (χ4n) is 1.63. The summed E-state index contributed by atoms with van der Waals surface area (Å²) >= 11 is 0. The lowest BCUT2D eigenvalue weighted by Crippen LogP contribution is -2.16. The second kappa shape index (κ2) is 4.27. The summed E-state index contributed by atoms with van der Waals surface area (Å²) in [5, 5.41) is 0. The lowest BCUT2D eigenvalue weighted by Gasteiger charge is -2.13. The van der Waals surface area contributed by atoms with Crippen LogP contribution in [-0.4, -0.2) is 18.0 Å². The molecule has 15 heavy (non-hydrogen) atoms. The topological polar surface area (TPSA) is 25.8 Å². The van der Waals surface area contributed by atoms with Crippen LogP contribution in [0.25, 0.3) is 5.57 Å². The molecule has 0 atom stereocenters. The molecule has 82 valence electrons. The molecule has 1 aromatic rings. The molecule has 0 aliphatic heterocycles. The second-order valence-corrected chi connectivity index (χ2v) is 10.2. The summed E-state index contributed by atoms with van der Waals surface area (Å²) in [6.45, 7) is 13.1. The third-order valence-corrected chi connectivity index (χ3v) is 3.40. The predicted octanol–water partition coefficient (Wildman–Crippen LogP) is 3.37. The van der Waals surface area contributed by atoms with Gasteiger partial charge in [0.1, 0.15) is 0 Å². The molecule has 0 saturated heterocycles. The number of aryl methyl sites for hydroxylation is 2. The Hall–Kier alpha value is -0.963. The lowest BCUT2D eigenvalue weighted by molar-refractivity contribution is 1.04. The summed E-state index contributed by atoms with van der Waals surface area (Å²) in [7, 11) is -1.17. The maximum absolute atomic E-state index is 4.55. The first-order chi connectivity index (χ1) is 6.79. The fraction of sp³-hybridized carbons (Fsp3) is 0.500. The van der Waals surface area contributed by atoms with E-state index in [0.29, 0.717) is 0 Å². The van der Waals surface area contributed by atoms with E-state index in [1.54, 1.807) is 0 Å². The van der Waals surface area contributed by atoms with Crippen molar-refractivity contribution in [3.8, 4) is 0 Å². The van der Waals surface area contributed by atoms with Gasteiger partial charge in [-0.1, -0.05) is 25.3 Å². The van der Waals surface area contributed by atoms with Crippen molar-refractivity contribution < 1.29 is 0 Å². The number of hydrogen-bond acceptors (Lipinski definition) is 2. The Morgan fingerprint density at radius 2 is 1.87 bits per heavy atom. The van der Waals surface area contributed by atoms with E-state index in [-0.39, 0.29) is 0 Å². The first-order valence-electron chi connectivity index (χ1n) is 5.30. The molecule has 0 fully saturated rings. The van der Waals surface area contributed by atoms with Crippen molar-refractivity contribution in [2.45, 2.75) is 40.4 Å². The van der Waals surface area contributed by atoms with Crippen molar-refractivity contribution in [1.29, 1.82) is 0 Å². The van der Waals surface area contributed by atoms with Crippen LogP contribution in [0.2, 0.25) is 19.6 Å². The minimum absolute atomic E-state index is 0.985. The minimum atomic E-state index is -1.17. The molecule has 1 aromatic heterocycles. The minimum Gasteiger partial charge on any atom is -0.257 e. The average molecular weight is 220 g/mol. The highest BCUT2D eigenvalue weighted by Gasteiger charge is 2.12. The van der Waals surface area contributed by atoms with E-state index in [2.05, 4.69) is 42.2 Å². The SMILES string of the molecule is C/C(=C\[Si](C)(C)C)c1nc(C)cnc1C. The van der Waals surface area contributed by atoms with Crippen LogP contribution in [0.3, 0.4) is 0 Å². The molecule has 0 bridgehead atoms. The first kappa shape index (κ1) is 12.1. The van der Waals surface area contributed by atoms with E-state index in [1.807, 2.05) is 20.0 Å². The molecule has 0 aromatic carbocycles. The number of hydrogen-bond donors (Lipinski definition) is 0. The molecule has 0 saturated carbocycles. The smallest absolute Gasteiger partial charge is 0.0867 e. The van der Waals surface area contributed by atoms with Gasteiger partial charge in [0.05, 0.1) is 25.2 Å². The van der Waals surface area contributed by atoms with Crippen molar-refractivity contribution in [3.05, 3.63) is 29.0 Å². The summed E-state index contributed by atoms with van der Waals surface area (Å²) in [6.07, 6.45) is 1.82. The first-order valence-corrected chi connectivity index (χ1v) is 8.87. The van der Waals surface area contributed by atoms with Gasteiger partial charge in [-0.2, -0.15) is 0 Å². The van der Waals surface area contributed by atoms with Crippen LogP contribution in [0.1, 0.15) is 24.0 Å². The molecule has 3 heteroatoms. The number of allylic oxidation sites excluding steroid dienone is 1. The number of aromatic nitrogens is 2. The van der Waals surface area contributed by atoms with Gasteiger partial charge in [0.25, 0.3) is 0 Å². The zero-order valence-corrected chi connectivity index (χ0v) is 11.5. The molecule has 2 nitrogen and oxygen atoms in total. The molecule has 0 amide bonds. The van der Waals surface area contributed by atoms with Crippen molar-refractivity contribution in [2.75, 3.05) is 0 Å². The Morgan fingerprint density at radius 3 is 2.40 bits per heavy atom. The van der Waals surface area contributed by atoms with Crippen molar-refractivity contribution in [3.63, 3.8) is 0 Å². The van der Waals surface area contributed by atoms with Crippen molar-refractivity contribution >= 4 is 13.6 Å². The highest BCUT2D eigenvalue weighted by Crippen LogP contribution is 2.18. The van der Waals surface area contributed by atoms with E-state index in [0.717, 1.165) is 17.1 Å². The van der Waals surface area contributed by atoms with Gasteiger partial charge in [-0.15, -0.1) is 0 Å². The lowest BCUT2D eigenvalue weighted by atomic mass is 10.2. The molecular formula is C12H20N2Si. The summed E-state index contributed by atoms with van der Waals surface area (Å²) in [4.78, 5) is 8.89. The monoisotopic (exact) mass is 220 g/mol. The van der Waals surface area contributed by atoms with Gasteiger partial charge in [-0.25, -0.2) is 4.98 Å². The summed E-state index contributed by atoms with van der Waals surface area (Å²) in [5.41, 5.74) is 6.70. The van der Waals surface area contributed by atoms with Crippen LogP contribution in [0.15, 0.2) is 11.9 Å². The molecular weight excluding hydrogens is 200 g/mol. The van der Waals surface area contributed by atoms with Crippen LogP contribution < -0.4 is 0 Å². The van der Waals surface area contributed by atoms with Crippen LogP contribution in [0, 0.1) is 13.8 Å². The maximum atomic E-state index is 4.55. The van der Waals surface area contributed by atoms with E-state index in [1.165, 1.54) is 5.57 Å². The summed E-state index contributed by atoms with van der Waals surface area (Å²) in [6, 6.07) is 0. The molecule has 1 rings (SSSR count). The van der Waals surface area contributed by atoms with Crippen LogP contribution >= 0.6 is 0 Å². The van der Waals surface area contributed by atoms with Gasteiger partial charge in [0.15, 0.2) is 0 Å².